The molecule has 1 unspecified atom stereocenters. The lowest BCUT2D eigenvalue weighted by atomic mass is 9.71. The SMILES string of the molecule is CCC1(C)/C=C\C(C)(C)/C=C2/B(O)OS/C2=C/1. The van der Waals surface area contributed by atoms with E-state index in [0.717, 1.165) is 16.8 Å². The highest BCUT2D eigenvalue weighted by Gasteiger charge is 2.36. The van der Waals surface area contributed by atoms with Crippen molar-refractivity contribution in [1.82, 2.24) is 0 Å². The Bertz CT molecular complexity index is 412. The molecule has 1 aliphatic heterocycles. The first-order valence-electron chi connectivity index (χ1n) is 6.03. The van der Waals surface area contributed by atoms with Gasteiger partial charge in [-0.25, -0.2) is 0 Å². The van der Waals surface area contributed by atoms with Gasteiger partial charge in [0.05, 0.1) is 0 Å². The molecule has 0 saturated carbocycles. The Labute approximate surface area is 108 Å². The molecule has 92 valence electrons. The molecule has 0 aromatic carbocycles. The predicted molar refractivity (Wildman–Crippen MR) is 74.1 cm³/mol. The monoisotopic (exact) mass is 250 g/mol. The summed E-state index contributed by atoms with van der Waals surface area (Å²) in [5, 5.41) is 9.84. The van der Waals surface area contributed by atoms with Crippen LogP contribution in [-0.4, -0.2) is 12.1 Å². The van der Waals surface area contributed by atoms with Crippen LogP contribution in [-0.2, 0) is 4.10 Å². The summed E-state index contributed by atoms with van der Waals surface area (Å²) in [7, 11) is -0.793. The van der Waals surface area contributed by atoms with E-state index in [0.29, 0.717) is 0 Å². The van der Waals surface area contributed by atoms with Gasteiger partial charge in [0.1, 0.15) is 0 Å². The van der Waals surface area contributed by atoms with Gasteiger partial charge in [0.25, 0.3) is 0 Å². The fourth-order valence-corrected chi connectivity index (χ4v) is 2.86. The molecule has 17 heavy (non-hydrogen) atoms. The molecule has 2 rings (SSSR count). The summed E-state index contributed by atoms with van der Waals surface area (Å²) in [5.41, 5.74) is 0.886. The maximum absolute atomic E-state index is 9.84. The van der Waals surface area contributed by atoms with Crippen molar-refractivity contribution in [1.29, 1.82) is 0 Å². The van der Waals surface area contributed by atoms with Crippen LogP contribution in [0.4, 0.5) is 0 Å². The van der Waals surface area contributed by atoms with Gasteiger partial charge in [-0.05, 0) is 11.9 Å². The highest BCUT2D eigenvalue weighted by Crippen LogP contribution is 2.43. The molecular formula is C13H19BO2S. The number of allylic oxidation sites excluding steroid dienone is 5. The minimum Gasteiger partial charge on any atom is -0.422 e. The summed E-state index contributed by atoms with van der Waals surface area (Å²) in [6, 6.07) is 0. The van der Waals surface area contributed by atoms with Crippen molar-refractivity contribution in [3.63, 3.8) is 0 Å². The summed E-state index contributed by atoms with van der Waals surface area (Å²) in [6.07, 6.45) is 9.80. The maximum Gasteiger partial charge on any atom is 0.503 e. The van der Waals surface area contributed by atoms with Gasteiger partial charge in [0.2, 0.25) is 0 Å². The van der Waals surface area contributed by atoms with Crippen molar-refractivity contribution in [2.24, 2.45) is 10.8 Å². The third-order valence-corrected chi connectivity index (χ3v) is 4.24. The Morgan fingerprint density at radius 2 is 2.00 bits per heavy atom. The maximum atomic E-state index is 9.84. The molecule has 0 bridgehead atoms. The fourth-order valence-electron chi connectivity index (χ4n) is 1.99. The molecule has 0 aromatic heterocycles. The Balaban J connectivity index is 2.53. The molecule has 1 saturated heterocycles. The molecule has 4 heteroatoms. The summed E-state index contributed by atoms with van der Waals surface area (Å²) in [6.45, 7) is 8.67. The average Bonchev–Trinajstić information content (AvgIpc) is 2.57. The molecule has 0 amide bonds. The minimum absolute atomic E-state index is 0.0343. The predicted octanol–water partition coefficient (Wildman–Crippen LogP) is 3.51. The van der Waals surface area contributed by atoms with Crippen molar-refractivity contribution in [3.8, 4) is 0 Å². The second-order valence-corrected chi connectivity index (χ2v) is 6.45. The van der Waals surface area contributed by atoms with E-state index >= 15 is 0 Å². The number of fused-ring (bicyclic) bond motifs is 1. The molecule has 1 aliphatic carbocycles. The van der Waals surface area contributed by atoms with Crippen LogP contribution in [0.15, 0.2) is 34.7 Å². The van der Waals surface area contributed by atoms with E-state index in [-0.39, 0.29) is 10.8 Å². The molecule has 2 aliphatic rings. The van der Waals surface area contributed by atoms with E-state index in [1.165, 1.54) is 12.0 Å². The number of rotatable bonds is 1. The van der Waals surface area contributed by atoms with E-state index in [4.69, 9.17) is 4.10 Å². The Morgan fingerprint density at radius 1 is 1.29 bits per heavy atom. The van der Waals surface area contributed by atoms with Gasteiger partial charge in [-0.3, -0.25) is 0 Å². The van der Waals surface area contributed by atoms with Gasteiger partial charge in [-0.1, -0.05) is 52.0 Å². The molecule has 0 aromatic rings. The van der Waals surface area contributed by atoms with Crippen LogP contribution in [0.2, 0.25) is 0 Å². The standard InChI is InChI=1S/C13H19BO2S/c1-5-13(4)7-6-12(2,3)8-10-11(9-13)17-16-14(10)15/h6-9,15H,5H2,1-4H3/b7-6-,10-8+,11-9+. The van der Waals surface area contributed by atoms with Crippen LogP contribution in [0.3, 0.4) is 0 Å². The Kier molecular flexibility index (Phi) is 3.32. The second-order valence-electron chi connectivity index (χ2n) is 5.65. The van der Waals surface area contributed by atoms with E-state index in [1.54, 1.807) is 0 Å². The molecular weight excluding hydrogens is 231 g/mol. The summed E-state index contributed by atoms with van der Waals surface area (Å²) >= 11 is 1.28. The number of hydrogen-bond donors (Lipinski definition) is 1. The van der Waals surface area contributed by atoms with E-state index in [9.17, 15) is 5.02 Å². The molecule has 0 radical (unpaired) electrons. The van der Waals surface area contributed by atoms with Crippen molar-refractivity contribution < 1.29 is 9.12 Å². The molecule has 0 spiro atoms. The van der Waals surface area contributed by atoms with Crippen LogP contribution >= 0.6 is 12.0 Å². The zero-order valence-electron chi connectivity index (χ0n) is 10.9. The smallest absolute Gasteiger partial charge is 0.422 e. The second kappa shape index (κ2) is 4.34. The lowest BCUT2D eigenvalue weighted by Crippen LogP contribution is -2.19. The van der Waals surface area contributed by atoms with Crippen molar-refractivity contribution in [2.75, 3.05) is 0 Å². The van der Waals surface area contributed by atoms with Crippen LogP contribution in [0.5, 0.6) is 0 Å². The van der Waals surface area contributed by atoms with E-state index in [2.05, 4.69) is 52.0 Å². The first-order chi connectivity index (χ1) is 7.85. The lowest BCUT2D eigenvalue weighted by molar-refractivity contribution is 0.469. The van der Waals surface area contributed by atoms with Crippen LogP contribution in [0.1, 0.15) is 34.1 Å². The highest BCUT2D eigenvalue weighted by molar-refractivity contribution is 8.00. The third-order valence-electron chi connectivity index (χ3n) is 3.42. The zero-order valence-corrected chi connectivity index (χ0v) is 11.7. The minimum atomic E-state index is -0.793. The normalized spacial score (nSPS) is 39.5. The molecule has 1 heterocycles. The number of hydrogen-bond acceptors (Lipinski definition) is 3. The van der Waals surface area contributed by atoms with Crippen LogP contribution < -0.4 is 0 Å². The van der Waals surface area contributed by atoms with Gasteiger partial charge in [0.15, 0.2) is 0 Å². The quantitative estimate of drug-likeness (QED) is 0.438. The van der Waals surface area contributed by atoms with Gasteiger partial charge < -0.3 is 9.12 Å². The molecule has 1 N–H and O–H groups in total. The molecule has 1 fully saturated rings. The highest BCUT2D eigenvalue weighted by atomic mass is 32.2. The summed E-state index contributed by atoms with van der Waals surface area (Å²) < 4.78 is 5.25. The van der Waals surface area contributed by atoms with E-state index in [1.807, 2.05) is 0 Å². The largest absolute Gasteiger partial charge is 0.503 e. The first-order valence-corrected chi connectivity index (χ1v) is 6.77. The van der Waals surface area contributed by atoms with Gasteiger partial charge in [-0.15, -0.1) is 0 Å². The van der Waals surface area contributed by atoms with Crippen molar-refractivity contribution in [3.05, 3.63) is 34.7 Å². The lowest BCUT2D eigenvalue weighted by Gasteiger charge is -2.26. The van der Waals surface area contributed by atoms with Gasteiger partial charge in [0, 0.05) is 27.8 Å². The van der Waals surface area contributed by atoms with E-state index < -0.39 is 7.12 Å². The van der Waals surface area contributed by atoms with Crippen LogP contribution in [0, 0.1) is 10.8 Å². The molecule has 2 nitrogen and oxygen atoms in total. The van der Waals surface area contributed by atoms with Crippen molar-refractivity contribution in [2.45, 2.75) is 34.1 Å². The Hall–Kier alpha value is -0.445. The third kappa shape index (κ3) is 2.70. The average molecular weight is 250 g/mol. The topological polar surface area (TPSA) is 29.5 Å². The van der Waals surface area contributed by atoms with Gasteiger partial charge >= 0.3 is 7.12 Å². The fraction of sp³-hybridized carbons (Fsp3) is 0.538. The van der Waals surface area contributed by atoms with Gasteiger partial charge in [-0.2, -0.15) is 0 Å². The first kappa shape index (κ1) is 13.0. The van der Waals surface area contributed by atoms with Crippen LogP contribution in [0.25, 0.3) is 0 Å². The summed E-state index contributed by atoms with van der Waals surface area (Å²) in [4.78, 5) is 1.05. The molecule has 1 atom stereocenters. The van der Waals surface area contributed by atoms with Crippen molar-refractivity contribution >= 4 is 19.2 Å². The zero-order chi connectivity index (χ0) is 12.7. The Morgan fingerprint density at radius 3 is 2.65 bits per heavy atom. The summed E-state index contributed by atoms with van der Waals surface area (Å²) in [5.74, 6) is 0.